The van der Waals surface area contributed by atoms with Crippen molar-refractivity contribution in [3.63, 3.8) is 0 Å². The van der Waals surface area contributed by atoms with E-state index in [9.17, 15) is 4.79 Å². The predicted molar refractivity (Wildman–Crippen MR) is 62.6 cm³/mol. The van der Waals surface area contributed by atoms with Gasteiger partial charge < -0.3 is 14.6 Å². The zero-order valence-electron chi connectivity index (χ0n) is 8.20. The molecule has 0 saturated carbocycles. The Hall–Kier alpha value is -0.820. The summed E-state index contributed by atoms with van der Waals surface area (Å²) in [5, 5.41) is 8.89. The molecule has 82 valence electrons. The van der Waals surface area contributed by atoms with Crippen molar-refractivity contribution in [3.05, 3.63) is 27.3 Å². The molecular formula is C10H11IO4. The van der Waals surface area contributed by atoms with E-state index < -0.39 is 5.97 Å². The predicted octanol–water partition coefficient (Wildman–Crippen LogP) is 1.34. The number of esters is 1. The first kappa shape index (κ1) is 12.3. The number of methoxy groups -OCH3 is 1. The van der Waals surface area contributed by atoms with Gasteiger partial charge in [-0.15, -0.1) is 0 Å². The molecule has 0 unspecified atom stereocenters. The van der Waals surface area contributed by atoms with Crippen molar-refractivity contribution >= 4 is 28.6 Å². The molecule has 0 radical (unpaired) electrons. The molecule has 0 heterocycles. The minimum atomic E-state index is -0.419. The lowest BCUT2D eigenvalue weighted by Gasteiger charge is -2.07. The van der Waals surface area contributed by atoms with E-state index in [1.54, 1.807) is 18.2 Å². The number of ether oxygens (including phenoxy) is 2. The molecule has 0 spiro atoms. The summed E-state index contributed by atoms with van der Waals surface area (Å²) >= 11 is 2.08. The Morgan fingerprint density at radius 2 is 2.27 bits per heavy atom. The average Bonchev–Trinajstić information content (AvgIpc) is 2.26. The molecule has 0 bridgehead atoms. The molecule has 0 atom stereocenters. The van der Waals surface area contributed by atoms with Crippen LogP contribution in [0.5, 0.6) is 5.75 Å². The van der Waals surface area contributed by atoms with Crippen LogP contribution in [0.3, 0.4) is 0 Å². The van der Waals surface area contributed by atoms with Gasteiger partial charge in [0.25, 0.3) is 0 Å². The lowest BCUT2D eigenvalue weighted by molar-refractivity contribution is -0.142. The van der Waals surface area contributed by atoms with Crippen LogP contribution < -0.4 is 4.74 Å². The molecule has 15 heavy (non-hydrogen) atoms. The number of aliphatic hydroxyl groups excluding tert-OH is 1. The summed E-state index contributed by atoms with van der Waals surface area (Å²) in [5.41, 5.74) is 0.810. The van der Waals surface area contributed by atoms with Crippen LogP contribution in [0, 0.1) is 3.57 Å². The van der Waals surface area contributed by atoms with Gasteiger partial charge in [0.05, 0.1) is 17.3 Å². The largest absolute Gasteiger partial charge is 0.481 e. The van der Waals surface area contributed by atoms with E-state index in [1.165, 1.54) is 7.11 Å². The van der Waals surface area contributed by atoms with Crippen molar-refractivity contribution in [2.75, 3.05) is 13.7 Å². The molecule has 5 heteroatoms. The van der Waals surface area contributed by atoms with E-state index in [0.717, 1.165) is 9.13 Å². The third kappa shape index (κ3) is 3.67. The molecule has 1 rings (SSSR count). The first-order chi connectivity index (χ1) is 7.17. The minimum Gasteiger partial charge on any atom is -0.481 e. The van der Waals surface area contributed by atoms with Crippen LogP contribution >= 0.6 is 22.6 Å². The van der Waals surface area contributed by atoms with Crippen LogP contribution in [0.4, 0.5) is 0 Å². The summed E-state index contributed by atoms with van der Waals surface area (Å²) in [6, 6.07) is 5.26. The standard InChI is InChI=1S/C10H11IO4/c1-14-10(13)6-15-9-3-2-7(5-12)4-8(9)11/h2-4,12H,5-6H2,1H3. The average molecular weight is 322 g/mol. The Bertz CT molecular complexity index is 351. The van der Waals surface area contributed by atoms with E-state index in [-0.39, 0.29) is 13.2 Å². The van der Waals surface area contributed by atoms with Crippen LogP contribution in [0.1, 0.15) is 5.56 Å². The zero-order valence-corrected chi connectivity index (χ0v) is 10.4. The Morgan fingerprint density at radius 1 is 1.53 bits per heavy atom. The number of halogens is 1. The van der Waals surface area contributed by atoms with Crippen molar-refractivity contribution in [1.29, 1.82) is 0 Å². The second kappa shape index (κ2) is 5.92. The Labute approximate surface area is 101 Å². The van der Waals surface area contributed by atoms with E-state index in [0.29, 0.717) is 5.75 Å². The molecule has 1 aromatic carbocycles. The van der Waals surface area contributed by atoms with E-state index >= 15 is 0 Å². The van der Waals surface area contributed by atoms with Crippen LogP contribution in [0.15, 0.2) is 18.2 Å². The fourth-order valence-electron chi connectivity index (χ4n) is 0.955. The maximum atomic E-state index is 10.8. The molecule has 0 amide bonds. The van der Waals surface area contributed by atoms with Crippen molar-refractivity contribution in [2.24, 2.45) is 0 Å². The van der Waals surface area contributed by atoms with E-state index in [4.69, 9.17) is 9.84 Å². The number of rotatable bonds is 4. The summed E-state index contributed by atoms with van der Waals surface area (Å²) in [6.45, 7) is -0.113. The van der Waals surface area contributed by atoms with Crippen molar-refractivity contribution in [3.8, 4) is 5.75 Å². The molecule has 1 N–H and O–H groups in total. The summed E-state index contributed by atoms with van der Waals surface area (Å²) in [6.07, 6.45) is 0. The molecule has 0 aliphatic rings. The third-order valence-corrected chi connectivity index (χ3v) is 2.60. The monoisotopic (exact) mass is 322 g/mol. The first-order valence-electron chi connectivity index (χ1n) is 4.26. The SMILES string of the molecule is COC(=O)COc1ccc(CO)cc1I. The fraction of sp³-hybridized carbons (Fsp3) is 0.300. The maximum absolute atomic E-state index is 10.8. The van der Waals surface area contributed by atoms with Gasteiger partial charge in [-0.3, -0.25) is 0 Å². The molecule has 1 aromatic rings. The highest BCUT2D eigenvalue weighted by Crippen LogP contribution is 2.22. The van der Waals surface area contributed by atoms with Gasteiger partial charge in [-0.2, -0.15) is 0 Å². The summed E-state index contributed by atoms with van der Waals surface area (Å²) in [7, 11) is 1.31. The molecule has 0 saturated heterocycles. The van der Waals surface area contributed by atoms with Crippen LogP contribution in [0.2, 0.25) is 0 Å². The lowest BCUT2D eigenvalue weighted by atomic mass is 10.2. The number of hydrogen-bond donors (Lipinski definition) is 1. The number of aliphatic hydroxyl groups is 1. The van der Waals surface area contributed by atoms with Crippen LogP contribution in [-0.2, 0) is 16.1 Å². The third-order valence-electron chi connectivity index (χ3n) is 1.75. The Balaban J connectivity index is 2.66. The van der Waals surface area contributed by atoms with Gasteiger partial charge in [0.2, 0.25) is 0 Å². The van der Waals surface area contributed by atoms with E-state index in [1.807, 2.05) is 0 Å². The number of benzene rings is 1. The van der Waals surface area contributed by atoms with Crippen molar-refractivity contribution in [2.45, 2.75) is 6.61 Å². The topological polar surface area (TPSA) is 55.8 Å². The van der Waals surface area contributed by atoms with Gasteiger partial charge in [0.15, 0.2) is 6.61 Å². The number of carbonyl (C=O) groups is 1. The van der Waals surface area contributed by atoms with Crippen molar-refractivity contribution < 1.29 is 19.4 Å². The van der Waals surface area contributed by atoms with Gasteiger partial charge in [-0.25, -0.2) is 4.79 Å². The highest BCUT2D eigenvalue weighted by molar-refractivity contribution is 14.1. The highest BCUT2D eigenvalue weighted by atomic mass is 127. The molecule has 0 aliphatic carbocycles. The van der Waals surface area contributed by atoms with Gasteiger partial charge >= 0.3 is 5.97 Å². The quantitative estimate of drug-likeness (QED) is 0.671. The molecule has 0 aliphatic heterocycles. The minimum absolute atomic E-state index is 0.00666. The molecule has 0 fully saturated rings. The smallest absolute Gasteiger partial charge is 0.343 e. The maximum Gasteiger partial charge on any atom is 0.343 e. The number of hydrogen-bond acceptors (Lipinski definition) is 4. The lowest BCUT2D eigenvalue weighted by Crippen LogP contribution is -2.13. The molecule has 0 aromatic heterocycles. The van der Waals surface area contributed by atoms with Crippen LogP contribution in [-0.4, -0.2) is 24.8 Å². The van der Waals surface area contributed by atoms with Crippen molar-refractivity contribution in [1.82, 2.24) is 0 Å². The molecule has 4 nitrogen and oxygen atoms in total. The van der Waals surface area contributed by atoms with Gasteiger partial charge in [0, 0.05) is 0 Å². The Morgan fingerprint density at radius 3 is 2.80 bits per heavy atom. The van der Waals surface area contributed by atoms with Gasteiger partial charge in [-0.05, 0) is 40.3 Å². The fourth-order valence-corrected chi connectivity index (χ4v) is 1.69. The zero-order chi connectivity index (χ0) is 11.3. The molecular weight excluding hydrogens is 311 g/mol. The first-order valence-corrected chi connectivity index (χ1v) is 5.34. The Kier molecular flexibility index (Phi) is 4.83. The number of carbonyl (C=O) groups excluding carboxylic acids is 1. The van der Waals surface area contributed by atoms with Gasteiger partial charge in [0.1, 0.15) is 5.75 Å². The second-order valence-electron chi connectivity index (χ2n) is 2.79. The van der Waals surface area contributed by atoms with E-state index in [2.05, 4.69) is 27.3 Å². The second-order valence-corrected chi connectivity index (χ2v) is 3.95. The highest BCUT2D eigenvalue weighted by Gasteiger charge is 2.05. The summed E-state index contributed by atoms with van der Waals surface area (Å²) in [4.78, 5) is 10.8. The summed E-state index contributed by atoms with van der Waals surface area (Å²) in [5.74, 6) is 0.190. The van der Waals surface area contributed by atoms with Gasteiger partial charge in [-0.1, -0.05) is 6.07 Å². The van der Waals surface area contributed by atoms with Crippen LogP contribution in [0.25, 0.3) is 0 Å². The normalized spacial score (nSPS) is 9.80. The summed E-state index contributed by atoms with van der Waals surface area (Å²) < 4.78 is 10.5.